The standard InChI is InChI=1S/C9H11F2N2/c10-9(11)6-13-8(4-5-12-13)7-2-1-3-7/h4,7,9H,1-3,6H2. The highest BCUT2D eigenvalue weighted by molar-refractivity contribution is 5.10. The van der Waals surface area contributed by atoms with Crippen LogP contribution in [-0.4, -0.2) is 16.2 Å². The number of aromatic nitrogens is 2. The smallest absolute Gasteiger partial charge is 0.257 e. The molecule has 1 aromatic heterocycles. The predicted molar refractivity (Wildman–Crippen MR) is 43.7 cm³/mol. The number of rotatable bonds is 3. The highest BCUT2D eigenvalue weighted by atomic mass is 19.3. The van der Waals surface area contributed by atoms with Crippen LogP contribution in [0.3, 0.4) is 0 Å². The van der Waals surface area contributed by atoms with Gasteiger partial charge in [-0.25, -0.2) is 8.78 Å². The van der Waals surface area contributed by atoms with E-state index in [1.54, 1.807) is 6.07 Å². The first kappa shape index (κ1) is 8.66. The molecule has 0 atom stereocenters. The lowest BCUT2D eigenvalue weighted by molar-refractivity contribution is 0.119. The molecule has 2 rings (SSSR count). The summed E-state index contributed by atoms with van der Waals surface area (Å²) in [5.41, 5.74) is 0.923. The first-order valence-corrected chi connectivity index (χ1v) is 4.49. The van der Waals surface area contributed by atoms with Crippen LogP contribution in [0.2, 0.25) is 0 Å². The molecule has 0 aromatic carbocycles. The van der Waals surface area contributed by atoms with E-state index in [4.69, 9.17) is 0 Å². The average Bonchev–Trinajstić information content (AvgIpc) is 2.32. The molecule has 0 unspecified atom stereocenters. The Labute approximate surface area is 75.6 Å². The van der Waals surface area contributed by atoms with Gasteiger partial charge in [0, 0.05) is 11.6 Å². The van der Waals surface area contributed by atoms with E-state index in [9.17, 15) is 8.78 Å². The van der Waals surface area contributed by atoms with Crippen molar-refractivity contribution in [3.63, 3.8) is 0 Å². The monoisotopic (exact) mass is 185 g/mol. The maximum atomic E-state index is 12.1. The van der Waals surface area contributed by atoms with E-state index in [0.29, 0.717) is 5.92 Å². The molecule has 1 fully saturated rings. The van der Waals surface area contributed by atoms with E-state index in [2.05, 4.69) is 11.3 Å². The van der Waals surface area contributed by atoms with Crippen LogP contribution in [0.15, 0.2) is 6.07 Å². The highest BCUT2D eigenvalue weighted by Crippen LogP contribution is 2.35. The Morgan fingerprint density at radius 2 is 2.38 bits per heavy atom. The van der Waals surface area contributed by atoms with E-state index in [0.717, 1.165) is 18.5 Å². The summed E-state index contributed by atoms with van der Waals surface area (Å²) in [5, 5.41) is 3.77. The third-order valence-corrected chi connectivity index (χ3v) is 2.52. The minimum absolute atomic E-state index is 0.296. The Morgan fingerprint density at radius 1 is 1.62 bits per heavy atom. The zero-order chi connectivity index (χ0) is 9.26. The van der Waals surface area contributed by atoms with Gasteiger partial charge in [-0.2, -0.15) is 5.10 Å². The second-order valence-electron chi connectivity index (χ2n) is 3.40. The van der Waals surface area contributed by atoms with Gasteiger partial charge in [0.05, 0.1) is 0 Å². The lowest BCUT2D eigenvalue weighted by Gasteiger charge is -2.25. The molecule has 0 bridgehead atoms. The Hall–Kier alpha value is -0.930. The average molecular weight is 185 g/mol. The molecule has 1 aliphatic carbocycles. The van der Waals surface area contributed by atoms with Crippen molar-refractivity contribution in [2.45, 2.75) is 38.2 Å². The van der Waals surface area contributed by atoms with Gasteiger partial charge in [-0.15, -0.1) is 0 Å². The number of hydrogen-bond acceptors (Lipinski definition) is 1. The zero-order valence-electron chi connectivity index (χ0n) is 7.21. The Kier molecular flexibility index (Phi) is 2.29. The lowest BCUT2D eigenvalue weighted by Crippen LogP contribution is -2.17. The van der Waals surface area contributed by atoms with Crippen molar-refractivity contribution in [3.8, 4) is 0 Å². The van der Waals surface area contributed by atoms with Crippen LogP contribution in [0.5, 0.6) is 0 Å². The molecule has 0 amide bonds. The molecular formula is C9H11F2N2. The van der Waals surface area contributed by atoms with Gasteiger partial charge in [0.15, 0.2) is 0 Å². The fourth-order valence-corrected chi connectivity index (χ4v) is 1.61. The summed E-state index contributed by atoms with van der Waals surface area (Å²) in [7, 11) is 0. The number of nitrogens with zero attached hydrogens (tertiary/aromatic N) is 2. The van der Waals surface area contributed by atoms with Gasteiger partial charge in [0.2, 0.25) is 0 Å². The molecule has 1 heterocycles. The summed E-state index contributed by atoms with van der Waals surface area (Å²) < 4.78 is 25.6. The zero-order valence-corrected chi connectivity index (χ0v) is 7.21. The number of hydrogen-bond donors (Lipinski definition) is 0. The van der Waals surface area contributed by atoms with Crippen LogP contribution in [0.1, 0.15) is 30.9 Å². The third-order valence-electron chi connectivity index (χ3n) is 2.52. The van der Waals surface area contributed by atoms with Gasteiger partial charge in [0.25, 0.3) is 6.43 Å². The minimum Gasteiger partial charge on any atom is -0.263 e. The Balaban J connectivity index is 2.10. The molecule has 4 heteroatoms. The van der Waals surface area contributed by atoms with Crippen LogP contribution in [0.4, 0.5) is 8.78 Å². The van der Waals surface area contributed by atoms with Gasteiger partial charge in [-0.3, -0.25) is 4.68 Å². The molecule has 0 spiro atoms. The van der Waals surface area contributed by atoms with Crippen LogP contribution in [0, 0.1) is 6.20 Å². The summed E-state index contributed by atoms with van der Waals surface area (Å²) in [5.74, 6) is 0.442. The third kappa shape index (κ3) is 1.71. The second kappa shape index (κ2) is 3.44. The van der Waals surface area contributed by atoms with Crippen molar-refractivity contribution in [2.75, 3.05) is 0 Å². The Morgan fingerprint density at radius 3 is 2.92 bits per heavy atom. The van der Waals surface area contributed by atoms with E-state index in [-0.39, 0.29) is 6.54 Å². The van der Waals surface area contributed by atoms with Crippen molar-refractivity contribution in [3.05, 3.63) is 18.0 Å². The molecule has 13 heavy (non-hydrogen) atoms. The largest absolute Gasteiger partial charge is 0.263 e. The highest BCUT2D eigenvalue weighted by Gasteiger charge is 2.23. The normalized spacial score (nSPS) is 17.8. The first-order chi connectivity index (χ1) is 6.27. The van der Waals surface area contributed by atoms with Crippen molar-refractivity contribution in [1.82, 2.24) is 9.78 Å². The maximum absolute atomic E-state index is 12.1. The molecule has 1 aliphatic rings. The van der Waals surface area contributed by atoms with Crippen LogP contribution in [0.25, 0.3) is 0 Å². The first-order valence-electron chi connectivity index (χ1n) is 4.49. The molecule has 1 saturated carbocycles. The number of alkyl halides is 2. The minimum atomic E-state index is -2.33. The van der Waals surface area contributed by atoms with Gasteiger partial charge < -0.3 is 0 Å². The summed E-state index contributed by atoms with van der Waals surface area (Å²) in [6.07, 6.45) is 3.70. The van der Waals surface area contributed by atoms with Crippen molar-refractivity contribution in [2.24, 2.45) is 0 Å². The van der Waals surface area contributed by atoms with Gasteiger partial charge in [-0.1, -0.05) is 6.42 Å². The molecule has 0 aliphatic heterocycles. The fraction of sp³-hybridized carbons (Fsp3) is 0.667. The summed E-state index contributed by atoms with van der Waals surface area (Å²) >= 11 is 0. The lowest BCUT2D eigenvalue weighted by atomic mass is 9.83. The maximum Gasteiger partial charge on any atom is 0.257 e. The summed E-state index contributed by atoms with van der Waals surface area (Å²) in [6.45, 7) is -0.296. The molecule has 2 nitrogen and oxygen atoms in total. The SMILES string of the molecule is FC(F)Cn1n[c]cc1C1CCC1. The predicted octanol–water partition coefficient (Wildman–Crippen LogP) is 2.22. The summed E-state index contributed by atoms with van der Waals surface area (Å²) in [4.78, 5) is 0. The van der Waals surface area contributed by atoms with Gasteiger partial charge >= 0.3 is 0 Å². The van der Waals surface area contributed by atoms with Gasteiger partial charge in [0.1, 0.15) is 12.7 Å². The van der Waals surface area contributed by atoms with E-state index < -0.39 is 6.43 Å². The topological polar surface area (TPSA) is 17.8 Å². The quantitative estimate of drug-likeness (QED) is 0.706. The fourth-order valence-electron chi connectivity index (χ4n) is 1.61. The number of halogens is 2. The van der Waals surface area contributed by atoms with Crippen molar-refractivity contribution >= 4 is 0 Å². The van der Waals surface area contributed by atoms with Crippen molar-refractivity contribution < 1.29 is 8.78 Å². The summed E-state index contributed by atoms with van der Waals surface area (Å²) in [6, 6.07) is 1.73. The Bertz CT molecular complexity index is 279. The van der Waals surface area contributed by atoms with Crippen LogP contribution in [-0.2, 0) is 6.54 Å². The molecule has 0 N–H and O–H groups in total. The second-order valence-corrected chi connectivity index (χ2v) is 3.40. The molecular weight excluding hydrogens is 174 g/mol. The van der Waals surface area contributed by atoms with Crippen molar-refractivity contribution in [1.29, 1.82) is 0 Å². The van der Waals surface area contributed by atoms with Crippen LogP contribution >= 0.6 is 0 Å². The molecule has 0 saturated heterocycles. The molecule has 1 radical (unpaired) electrons. The molecule has 1 aromatic rings. The van der Waals surface area contributed by atoms with E-state index in [1.165, 1.54) is 11.1 Å². The molecule has 71 valence electrons. The van der Waals surface area contributed by atoms with E-state index >= 15 is 0 Å². The van der Waals surface area contributed by atoms with Crippen LogP contribution < -0.4 is 0 Å². The van der Waals surface area contributed by atoms with Gasteiger partial charge in [-0.05, 0) is 18.9 Å². The van der Waals surface area contributed by atoms with E-state index in [1.807, 2.05) is 0 Å².